The van der Waals surface area contributed by atoms with Gasteiger partial charge in [0.15, 0.2) is 0 Å². The Labute approximate surface area is 180 Å². The van der Waals surface area contributed by atoms with Crippen molar-refractivity contribution in [2.75, 3.05) is 0 Å². The molecule has 2 saturated heterocycles. The molecule has 0 spiro atoms. The van der Waals surface area contributed by atoms with E-state index in [4.69, 9.17) is 9.47 Å². The van der Waals surface area contributed by atoms with E-state index in [-0.39, 0.29) is 36.8 Å². The van der Waals surface area contributed by atoms with Crippen molar-refractivity contribution in [2.24, 2.45) is 17.3 Å². The Hall–Kier alpha value is -1.40. The molecule has 0 amide bonds. The van der Waals surface area contributed by atoms with Crippen LogP contribution in [-0.4, -0.2) is 46.6 Å². The van der Waals surface area contributed by atoms with Crippen molar-refractivity contribution in [3.8, 4) is 0 Å². The van der Waals surface area contributed by atoms with Crippen LogP contribution in [0.25, 0.3) is 0 Å². The highest BCUT2D eigenvalue weighted by molar-refractivity contribution is 5.86. The smallest absolute Gasteiger partial charge is 0.314 e. The van der Waals surface area contributed by atoms with Gasteiger partial charge in [-0.3, -0.25) is 9.59 Å². The number of hydrogen-bond donors (Lipinski definition) is 2. The molecule has 0 aromatic carbocycles. The van der Waals surface area contributed by atoms with Gasteiger partial charge < -0.3 is 19.7 Å². The van der Waals surface area contributed by atoms with Gasteiger partial charge in [0.2, 0.25) is 0 Å². The monoisotopic (exact) mass is 422 g/mol. The second kappa shape index (κ2) is 10.3. The van der Waals surface area contributed by atoms with Crippen LogP contribution in [0.5, 0.6) is 0 Å². The van der Waals surface area contributed by atoms with Gasteiger partial charge in [-0.1, -0.05) is 64.5 Å². The van der Waals surface area contributed by atoms with Crippen LogP contribution in [0.4, 0.5) is 0 Å². The van der Waals surface area contributed by atoms with E-state index in [9.17, 15) is 19.8 Å². The Morgan fingerprint density at radius 3 is 2.10 bits per heavy atom. The normalized spacial score (nSPS) is 37.1. The Kier molecular flexibility index (Phi) is 7.97. The fourth-order valence-corrected chi connectivity index (χ4v) is 5.33. The first-order valence-electron chi connectivity index (χ1n) is 11.9. The lowest BCUT2D eigenvalue weighted by molar-refractivity contribution is -0.163. The standard InChI is InChI=1S/C24H38O6/c1-3-5-7-11-17-19(29-17)14-16-10-9-13-24(23(27)28,21(16)22(25)26)15-20-18(30-20)12-8-6-4-2/h9,13,16-21H,3-8,10-12,14-15H2,1-2H3,(H,25,26)(H,27,28). The minimum atomic E-state index is -1.40. The van der Waals surface area contributed by atoms with Crippen LogP contribution in [0.15, 0.2) is 12.2 Å². The minimum Gasteiger partial charge on any atom is -0.481 e. The summed E-state index contributed by atoms with van der Waals surface area (Å²) in [5, 5.41) is 20.2. The maximum Gasteiger partial charge on any atom is 0.314 e. The second-order valence-electron chi connectivity index (χ2n) is 9.42. The number of carboxylic acids is 2. The number of ether oxygens (including phenoxy) is 2. The van der Waals surface area contributed by atoms with E-state index < -0.39 is 23.3 Å². The van der Waals surface area contributed by atoms with Crippen LogP contribution >= 0.6 is 0 Å². The quantitative estimate of drug-likeness (QED) is 0.237. The SMILES string of the molecule is CCCCCC1OC1CC1CC=CC(CC2OC2CCCCC)(C(=O)O)C1C(=O)O. The summed E-state index contributed by atoms with van der Waals surface area (Å²) in [5.41, 5.74) is -1.40. The number of allylic oxidation sites excluding steroid dienone is 1. The van der Waals surface area contributed by atoms with Crippen molar-refractivity contribution >= 4 is 11.9 Å². The van der Waals surface area contributed by atoms with E-state index in [0.717, 1.165) is 44.9 Å². The molecule has 0 aromatic rings. The van der Waals surface area contributed by atoms with E-state index in [1.165, 1.54) is 6.42 Å². The molecule has 2 aliphatic heterocycles. The van der Waals surface area contributed by atoms with E-state index in [2.05, 4.69) is 13.8 Å². The van der Waals surface area contributed by atoms with Gasteiger partial charge in [0.25, 0.3) is 0 Å². The Morgan fingerprint density at radius 2 is 1.53 bits per heavy atom. The van der Waals surface area contributed by atoms with Crippen LogP contribution in [0.1, 0.15) is 84.5 Å². The van der Waals surface area contributed by atoms with E-state index in [1.54, 1.807) is 6.08 Å². The first-order valence-corrected chi connectivity index (χ1v) is 11.9. The molecule has 170 valence electrons. The predicted octanol–water partition coefficient (Wildman–Crippen LogP) is 4.81. The van der Waals surface area contributed by atoms with E-state index in [1.807, 2.05) is 6.08 Å². The molecule has 0 saturated carbocycles. The summed E-state index contributed by atoms with van der Waals surface area (Å²) in [6.45, 7) is 4.31. The molecule has 6 heteroatoms. The molecule has 6 nitrogen and oxygen atoms in total. The van der Waals surface area contributed by atoms with Crippen LogP contribution in [0.3, 0.4) is 0 Å². The average Bonchev–Trinajstić information content (AvgIpc) is 3.61. The Balaban J connectivity index is 1.64. The molecule has 3 rings (SSSR count). The highest BCUT2D eigenvalue weighted by Gasteiger charge is 2.58. The summed E-state index contributed by atoms with van der Waals surface area (Å²) in [7, 11) is 0. The molecular weight excluding hydrogens is 384 g/mol. The fraction of sp³-hybridized carbons (Fsp3) is 0.833. The molecule has 2 fully saturated rings. The van der Waals surface area contributed by atoms with Gasteiger partial charge in [0.1, 0.15) is 5.41 Å². The number of rotatable bonds is 14. The van der Waals surface area contributed by atoms with Crippen LogP contribution in [-0.2, 0) is 19.1 Å². The summed E-state index contributed by atoms with van der Waals surface area (Å²) in [5.74, 6) is -3.23. The zero-order chi connectivity index (χ0) is 21.7. The van der Waals surface area contributed by atoms with Crippen molar-refractivity contribution in [1.29, 1.82) is 0 Å². The first kappa shape index (κ1) is 23.3. The minimum absolute atomic E-state index is 0.0747. The molecule has 3 aliphatic rings. The molecule has 7 atom stereocenters. The third kappa shape index (κ3) is 5.44. The van der Waals surface area contributed by atoms with Crippen LogP contribution in [0, 0.1) is 17.3 Å². The molecule has 7 unspecified atom stereocenters. The fourth-order valence-electron chi connectivity index (χ4n) is 5.33. The molecule has 1 aliphatic carbocycles. The molecule has 0 radical (unpaired) electrons. The van der Waals surface area contributed by atoms with Crippen molar-refractivity contribution in [2.45, 2.75) is 109 Å². The Bertz CT molecular complexity index is 631. The molecule has 0 aromatic heterocycles. The highest BCUT2D eigenvalue weighted by Crippen LogP contribution is 2.50. The number of aliphatic carboxylic acids is 2. The first-order chi connectivity index (χ1) is 14.4. The second-order valence-corrected chi connectivity index (χ2v) is 9.42. The zero-order valence-corrected chi connectivity index (χ0v) is 18.4. The largest absolute Gasteiger partial charge is 0.481 e. The number of carboxylic acid groups (broad SMARTS) is 2. The van der Waals surface area contributed by atoms with E-state index >= 15 is 0 Å². The van der Waals surface area contributed by atoms with Crippen LogP contribution in [0.2, 0.25) is 0 Å². The van der Waals surface area contributed by atoms with Gasteiger partial charge >= 0.3 is 11.9 Å². The maximum atomic E-state index is 12.4. The third-order valence-electron chi connectivity index (χ3n) is 7.18. The van der Waals surface area contributed by atoms with Gasteiger partial charge in [-0.05, 0) is 38.0 Å². The van der Waals surface area contributed by atoms with Gasteiger partial charge in [-0.25, -0.2) is 0 Å². The Morgan fingerprint density at radius 1 is 0.933 bits per heavy atom. The lowest BCUT2D eigenvalue weighted by Crippen LogP contribution is -2.48. The molecule has 2 heterocycles. The molecular formula is C24H38O6. The van der Waals surface area contributed by atoms with Crippen molar-refractivity contribution in [3.63, 3.8) is 0 Å². The highest BCUT2D eigenvalue weighted by atomic mass is 16.6. The van der Waals surface area contributed by atoms with Crippen molar-refractivity contribution in [3.05, 3.63) is 12.2 Å². The van der Waals surface area contributed by atoms with Crippen molar-refractivity contribution < 1.29 is 29.3 Å². The van der Waals surface area contributed by atoms with Gasteiger partial charge in [0, 0.05) is 0 Å². The number of hydrogen-bond acceptors (Lipinski definition) is 4. The van der Waals surface area contributed by atoms with Gasteiger partial charge in [-0.15, -0.1) is 0 Å². The predicted molar refractivity (Wildman–Crippen MR) is 113 cm³/mol. The summed E-state index contributed by atoms with van der Waals surface area (Å²) in [6.07, 6.45) is 13.9. The topological polar surface area (TPSA) is 99.7 Å². The van der Waals surface area contributed by atoms with E-state index in [0.29, 0.717) is 12.8 Å². The zero-order valence-electron chi connectivity index (χ0n) is 18.4. The number of carbonyl (C=O) groups is 2. The maximum absolute atomic E-state index is 12.4. The third-order valence-corrected chi connectivity index (χ3v) is 7.18. The van der Waals surface area contributed by atoms with Gasteiger partial charge in [-0.2, -0.15) is 0 Å². The van der Waals surface area contributed by atoms with Gasteiger partial charge in [0.05, 0.1) is 30.3 Å². The number of epoxide rings is 2. The average molecular weight is 423 g/mol. The summed E-state index contributed by atoms with van der Waals surface area (Å²) in [6, 6.07) is 0. The lowest BCUT2D eigenvalue weighted by Gasteiger charge is -2.39. The van der Waals surface area contributed by atoms with Crippen LogP contribution < -0.4 is 0 Å². The molecule has 0 bridgehead atoms. The number of unbranched alkanes of at least 4 members (excludes halogenated alkanes) is 4. The molecule has 30 heavy (non-hydrogen) atoms. The van der Waals surface area contributed by atoms with Crippen molar-refractivity contribution in [1.82, 2.24) is 0 Å². The summed E-state index contributed by atoms with van der Waals surface area (Å²) < 4.78 is 11.6. The summed E-state index contributed by atoms with van der Waals surface area (Å²) in [4.78, 5) is 24.7. The molecule has 2 N–H and O–H groups in total. The summed E-state index contributed by atoms with van der Waals surface area (Å²) >= 11 is 0. The lowest BCUT2D eigenvalue weighted by atomic mass is 9.61.